The van der Waals surface area contributed by atoms with E-state index in [1.807, 2.05) is 27.7 Å². The Labute approximate surface area is 213 Å². The van der Waals surface area contributed by atoms with E-state index in [9.17, 15) is 14.8 Å². The minimum atomic E-state index is -0.420. The Balaban J connectivity index is 1.53. The lowest BCUT2D eigenvalue weighted by atomic mass is 9.80. The van der Waals surface area contributed by atoms with Gasteiger partial charge in [0.15, 0.2) is 0 Å². The molecule has 7 heteroatoms. The Hall–Kier alpha value is -1.18. The van der Waals surface area contributed by atoms with E-state index in [1.165, 1.54) is 5.06 Å². The normalized spacial score (nSPS) is 24.1. The van der Waals surface area contributed by atoms with Crippen molar-refractivity contribution in [2.24, 2.45) is 0 Å². The Morgan fingerprint density at radius 1 is 0.686 bits per heavy atom. The average Bonchev–Trinajstić information content (AvgIpc) is 2.65. The molecule has 0 aromatic heterocycles. The fourth-order valence-corrected chi connectivity index (χ4v) is 6.08. The Morgan fingerprint density at radius 2 is 1.03 bits per heavy atom. The Bertz CT molecular complexity index is 680. The number of nitrogens with zero attached hydrogens (tertiary/aromatic N) is 1. The molecule has 7 nitrogen and oxygen atoms in total. The lowest BCUT2D eigenvalue weighted by Crippen LogP contribution is -2.60. The predicted molar refractivity (Wildman–Crippen MR) is 136 cm³/mol. The van der Waals surface area contributed by atoms with Crippen LogP contribution in [0, 0.1) is 0 Å². The van der Waals surface area contributed by atoms with Gasteiger partial charge in [0.25, 0.3) is 0 Å². The summed E-state index contributed by atoms with van der Waals surface area (Å²) in [6.45, 7) is 16.1. The Morgan fingerprint density at radius 3 is 1.43 bits per heavy atom. The van der Waals surface area contributed by atoms with E-state index in [2.05, 4.69) is 27.7 Å². The van der Waals surface area contributed by atoms with E-state index in [0.717, 1.165) is 51.4 Å². The molecule has 1 N–H and O–H groups in total. The summed E-state index contributed by atoms with van der Waals surface area (Å²) in [5.41, 5.74) is -1.39. The van der Waals surface area contributed by atoms with Crippen molar-refractivity contribution in [2.45, 2.75) is 167 Å². The van der Waals surface area contributed by atoms with Gasteiger partial charge in [-0.15, -0.1) is 0 Å². The maximum Gasteiger partial charge on any atom is 0.306 e. The molecule has 204 valence electrons. The quantitative estimate of drug-likeness (QED) is 0.263. The standard InChI is InChI=1S/C28H51NO6/c1-25(2)17-21(18-26(3,4)29(25)32)33-23(30)15-13-11-9-10-12-14-16-24(31)34-22-19-27(5,6)35-28(7,8)20-22/h21-22,32H,9-20H2,1-8H3. The summed E-state index contributed by atoms with van der Waals surface area (Å²) >= 11 is 0. The van der Waals surface area contributed by atoms with Crippen LogP contribution in [0.15, 0.2) is 0 Å². The highest BCUT2D eigenvalue weighted by molar-refractivity contribution is 5.69. The number of carbonyl (C=O) groups excluding carboxylic acids is 2. The van der Waals surface area contributed by atoms with Crippen LogP contribution in [0.2, 0.25) is 0 Å². The molecule has 0 aromatic rings. The van der Waals surface area contributed by atoms with Crippen molar-refractivity contribution in [3.05, 3.63) is 0 Å². The fourth-order valence-electron chi connectivity index (χ4n) is 6.08. The second kappa shape index (κ2) is 11.9. The third kappa shape index (κ3) is 10.0. The summed E-state index contributed by atoms with van der Waals surface area (Å²) < 4.78 is 17.5. The van der Waals surface area contributed by atoms with Gasteiger partial charge in [-0.2, -0.15) is 5.06 Å². The van der Waals surface area contributed by atoms with Gasteiger partial charge >= 0.3 is 11.9 Å². The van der Waals surface area contributed by atoms with Crippen LogP contribution in [0.5, 0.6) is 0 Å². The van der Waals surface area contributed by atoms with Gasteiger partial charge in [0.2, 0.25) is 0 Å². The molecule has 0 atom stereocenters. The first kappa shape index (κ1) is 30.0. The van der Waals surface area contributed by atoms with Gasteiger partial charge in [0, 0.05) is 49.6 Å². The molecule has 0 amide bonds. The van der Waals surface area contributed by atoms with Crippen molar-refractivity contribution in [1.82, 2.24) is 5.06 Å². The first-order valence-electron chi connectivity index (χ1n) is 13.6. The molecule has 2 rings (SSSR count). The van der Waals surface area contributed by atoms with Gasteiger partial charge in [-0.05, 0) is 68.2 Å². The molecule has 0 unspecified atom stereocenters. The van der Waals surface area contributed by atoms with Crippen molar-refractivity contribution in [3.63, 3.8) is 0 Å². The summed E-state index contributed by atoms with van der Waals surface area (Å²) in [6.07, 6.45) is 9.14. The largest absolute Gasteiger partial charge is 0.462 e. The SMILES string of the molecule is CC1(C)CC(OC(=O)CCCCCCCCC(=O)OC2CC(C)(C)N(O)C(C)(C)C2)CC(C)(C)O1. The van der Waals surface area contributed by atoms with E-state index in [1.54, 1.807) is 0 Å². The van der Waals surface area contributed by atoms with Crippen LogP contribution in [-0.4, -0.2) is 56.7 Å². The molecular formula is C28H51NO6. The van der Waals surface area contributed by atoms with Gasteiger partial charge in [-0.1, -0.05) is 25.7 Å². The topological polar surface area (TPSA) is 85.3 Å². The summed E-state index contributed by atoms with van der Waals surface area (Å²) in [6, 6.07) is 0. The number of piperidine rings is 1. The van der Waals surface area contributed by atoms with Crippen LogP contribution in [0.1, 0.15) is 132 Å². The number of carbonyl (C=O) groups is 2. The molecule has 0 spiro atoms. The van der Waals surface area contributed by atoms with Crippen molar-refractivity contribution < 1.29 is 29.0 Å². The number of esters is 2. The first-order chi connectivity index (χ1) is 16.0. The lowest BCUT2D eigenvalue weighted by Gasteiger charge is -2.50. The van der Waals surface area contributed by atoms with Crippen LogP contribution in [0.3, 0.4) is 0 Å². The summed E-state index contributed by atoms with van der Waals surface area (Å²) in [7, 11) is 0. The molecule has 0 aliphatic carbocycles. The molecule has 0 aromatic carbocycles. The third-order valence-electron chi connectivity index (χ3n) is 7.20. The maximum atomic E-state index is 12.3. The van der Waals surface area contributed by atoms with Gasteiger partial charge in [-0.25, -0.2) is 0 Å². The number of ether oxygens (including phenoxy) is 3. The highest BCUT2D eigenvalue weighted by Crippen LogP contribution is 2.38. The number of hydrogen-bond donors (Lipinski definition) is 1. The van der Waals surface area contributed by atoms with Crippen LogP contribution in [0.4, 0.5) is 0 Å². The second-order valence-electron chi connectivity index (χ2n) is 13.2. The first-order valence-corrected chi connectivity index (χ1v) is 13.6. The monoisotopic (exact) mass is 497 g/mol. The summed E-state index contributed by atoms with van der Waals surface area (Å²) in [5.74, 6) is -0.250. The number of hydrogen-bond acceptors (Lipinski definition) is 7. The van der Waals surface area contributed by atoms with E-state index in [0.29, 0.717) is 25.7 Å². The Kier molecular flexibility index (Phi) is 10.2. The van der Waals surface area contributed by atoms with Crippen LogP contribution in [0.25, 0.3) is 0 Å². The summed E-state index contributed by atoms with van der Waals surface area (Å²) in [4.78, 5) is 24.6. The molecule has 2 aliphatic heterocycles. The van der Waals surface area contributed by atoms with Crippen molar-refractivity contribution >= 4 is 11.9 Å². The minimum Gasteiger partial charge on any atom is -0.462 e. The van der Waals surface area contributed by atoms with Gasteiger partial charge in [-0.3, -0.25) is 9.59 Å². The molecule has 2 fully saturated rings. The molecule has 2 aliphatic rings. The molecule has 0 saturated carbocycles. The summed E-state index contributed by atoms with van der Waals surface area (Å²) in [5, 5.41) is 11.8. The molecule has 2 saturated heterocycles. The number of rotatable bonds is 11. The number of unbranched alkanes of at least 4 members (excludes halogenated alkanes) is 5. The highest BCUT2D eigenvalue weighted by atomic mass is 16.6. The van der Waals surface area contributed by atoms with E-state index in [-0.39, 0.29) is 35.3 Å². The number of hydroxylamine groups is 2. The van der Waals surface area contributed by atoms with Crippen LogP contribution in [-0.2, 0) is 23.8 Å². The molecular weight excluding hydrogens is 446 g/mol. The molecule has 2 heterocycles. The lowest BCUT2D eigenvalue weighted by molar-refractivity contribution is -0.259. The smallest absolute Gasteiger partial charge is 0.306 e. The maximum absolute atomic E-state index is 12.3. The molecule has 35 heavy (non-hydrogen) atoms. The zero-order valence-electron chi connectivity index (χ0n) is 23.6. The van der Waals surface area contributed by atoms with Gasteiger partial charge < -0.3 is 19.4 Å². The molecule has 0 bridgehead atoms. The average molecular weight is 498 g/mol. The predicted octanol–water partition coefficient (Wildman–Crippen LogP) is 6.34. The zero-order valence-corrected chi connectivity index (χ0v) is 23.6. The van der Waals surface area contributed by atoms with Gasteiger partial charge in [0.05, 0.1) is 11.2 Å². The van der Waals surface area contributed by atoms with Crippen LogP contribution < -0.4 is 0 Å². The fraction of sp³-hybridized carbons (Fsp3) is 0.929. The highest BCUT2D eigenvalue weighted by Gasteiger charge is 2.46. The van der Waals surface area contributed by atoms with Crippen LogP contribution >= 0.6 is 0 Å². The third-order valence-corrected chi connectivity index (χ3v) is 7.20. The van der Waals surface area contributed by atoms with Crippen molar-refractivity contribution in [1.29, 1.82) is 0 Å². The van der Waals surface area contributed by atoms with Gasteiger partial charge in [0.1, 0.15) is 12.2 Å². The van der Waals surface area contributed by atoms with Crippen molar-refractivity contribution in [3.8, 4) is 0 Å². The van der Waals surface area contributed by atoms with E-state index >= 15 is 0 Å². The van der Waals surface area contributed by atoms with E-state index < -0.39 is 11.1 Å². The molecule has 0 radical (unpaired) electrons. The zero-order chi connectivity index (χ0) is 26.5. The van der Waals surface area contributed by atoms with E-state index in [4.69, 9.17) is 14.2 Å². The minimum absolute atomic E-state index is 0.0747. The van der Waals surface area contributed by atoms with Crippen molar-refractivity contribution in [2.75, 3.05) is 0 Å². The second-order valence-corrected chi connectivity index (χ2v) is 13.2.